The van der Waals surface area contributed by atoms with Crippen LogP contribution in [0.4, 0.5) is 0 Å². The van der Waals surface area contributed by atoms with Gasteiger partial charge in [-0.25, -0.2) is 0 Å². The molecule has 4 heteroatoms. The molecule has 0 radical (unpaired) electrons. The monoisotopic (exact) mass is 254 g/mol. The third-order valence-electron chi connectivity index (χ3n) is 3.32. The van der Waals surface area contributed by atoms with Gasteiger partial charge in [0.25, 0.3) is 0 Å². The van der Waals surface area contributed by atoms with Crippen molar-refractivity contribution in [3.05, 3.63) is 21.9 Å². The maximum Gasteiger partial charge on any atom is 0.0904 e. The molecule has 1 aromatic rings. The lowest BCUT2D eigenvalue weighted by Gasteiger charge is -2.40. The first-order valence-electron chi connectivity index (χ1n) is 6.32. The van der Waals surface area contributed by atoms with Crippen LogP contribution in [-0.4, -0.2) is 44.3 Å². The van der Waals surface area contributed by atoms with Crippen LogP contribution >= 0.6 is 11.3 Å². The van der Waals surface area contributed by atoms with Crippen LogP contribution in [0.3, 0.4) is 0 Å². The van der Waals surface area contributed by atoms with Crippen molar-refractivity contribution in [2.75, 3.05) is 33.3 Å². The number of nitrogens with zero attached hydrogens (tertiary/aromatic N) is 1. The topological polar surface area (TPSA) is 24.5 Å². The van der Waals surface area contributed by atoms with Gasteiger partial charge in [0.05, 0.1) is 18.8 Å². The van der Waals surface area contributed by atoms with Crippen molar-refractivity contribution in [2.45, 2.75) is 26.0 Å². The average Bonchev–Trinajstić information content (AvgIpc) is 2.75. The fourth-order valence-corrected chi connectivity index (χ4v) is 3.55. The summed E-state index contributed by atoms with van der Waals surface area (Å²) >= 11 is 1.89. The van der Waals surface area contributed by atoms with Crippen LogP contribution in [0.5, 0.6) is 0 Å². The third kappa shape index (κ3) is 2.88. The smallest absolute Gasteiger partial charge is 0.0904 e. The van der Waals surface area contributed by atoms with E-state index in [1.54, 1.807) is 0 Å². The third-order valence-corrected chi connectivity index (χ3v) is 4.39. The summed E-state index contributed by atoms with van der Waals surface area (Å²) in [7, 11) is 1.99. The molecule has 2 unspecified atom stereocenters. The summed E-state index contributed by atoms with van der Waals surface area (Å²) in [6, 6.07) is 4.88. The zero-order valence-corrected chi connectivity index (χ0v) is 11.7. The van der Waals surface area contributed by atoms with E-state index in [4.69, 9.17) is 4.74 Å². The quantitative estimate of drug-likeness (QED) is 0.890. The Labute approximate surface area is 108 Å². The highest BCUT2D eigenvalue weighted by molar-refractivity contribution is 7.12. The molecule has 1 aliphatic rings. The highest BCUT2D eigenvalue weighted by atomic mass is 32.1. The molecule has 1 N–H and O–H groups in total. The molecule has 1 saturated heterocycles. The molecule has 0 aromatic carbocycles. The highest BCUT2D eigenvalue weighted by Crippen LogP contribution is 2.33. The van der Waals surface area contributed by atoms with Gasteiger partial charge in [-0.1, -0.05) is 6.92 Å². The van der Waals surface area contributed by atoms with Crippen LogP contribution in [0.2, 0.25) is 0 Å². The Kier molecular flexibility index (Phi) is 4.56. The summed E-state index contributed by atoms with van der Waals surface area (Å²) in [5.74, 6) is 0. The number of hydrogen-bond donors (Lipinski definition) is 1. The van der Waals surface area contributed by atoms with Crippen molar-refractivity contribution in [1.29, 1.82) is 0 Å². The summed E-state index contributed by atoms with van der Waals surface area (Å²) in [5.41, 5.74) is 0. The average molecular weight is 254 g/mol. The maximum atomic E-state index is 5.93. The van der Waals surface area contributed by atoms with E-state index in [1.165, 1.54) is 9.75 Å². The molecule has 1 fully saturated rings. The maximum absolute atomic E-state index is 5.93. The molecule has 96 valence electrons. The first-order chi connectivity index (χ1) is 8.26. The first-order valence-corrected chi connectivity index (χ1v) is 7.14. The minimum atomic E-state index is 0.270. The van der Waals surface area contributed by atoms with Crippen LogP contribution in [0.15, 0.2) is 12.1 Å². The number of morpholine rings is 1. The fraction of sp³-hybridized carbons (Fsp3) is 0.692. The number of hydrogen-bond acceptors (Lipinski definition) is 4. The number of likely N-dealkylation sites (N-methyl/N-ethyl adjacent to an activating group) is 2. The number of ether oxygens (including phenoxy) is 1. The van der Waals surface area contributed by atoms with E-state index in [2.05, 4.69) is 36.2 Å². The molecule has 1 aliphatic heterocycles. The molecule has 1 aromatic heterocycles. The summed E-state index contributed by atoms with van der Waals surface area (Å²) in [6.45, 7) is 8.29. The molecule has 0 spiro atoms. The molecule has 2 atom stereocenters. The zero-order valence-electron chi connectivity index (χ0n) is 10.9. The normalized spacial score (nSPS) is 26.3. The van der Waals surface area contributed by atoms with Gasteiger partial charge in [0.1, 0.15) is 0 Å². The molecule has 0 bridgehead atoms. The lowest BCUT2D eigenvalue weighted by molar-refractivity contribution is -0.0674. The standard InChI is InChI=1S/C13H22N2OS/c1-4-15-7-8-16-11(9-14-3)13(15)12-6-5-10(2)17-12/h5-6,11,13-14H,4,7-9H2,1-3H3. The summed E-state index contributed by atoms with van der Waals surface area (Å²) in [5, 5.41) is 3.24. The SMILES string of the molecule is CCN1CCOC(CNC)C1c1ccc(C)s1. The molecule has 0 amide bonds. The van der Waals surface area contributed by atoms with E-state index >= 15 is 0 Å². The Bertz CT molecular complexity index is 351. The largest absolute Gasteiger partial charge is 0.374 e. The number of thiophene rings is 1. The minimum Gasteiger partial charge on any atom is -0.374 e. The number of nitrogens with one attached hydrogen (secondary N) is 1. The molecular weight excluding hydrogens is 232 g/mol. The van der Waals surface area contributed by atoms with Crippen LogP contribution in [0.1, 0.15) is 22.7 Å². The number of aryl methyl sites for hydroxylation is 1. The summed E-state index contributed by atoms with van der Waals surface area (Å²) in [4.78, 5) is 5.34. The van der Waals surface area contributed by atoms with E-state index in [1.807, 2.05) is 18.4 Å². The van der Waals surface area contributed by atoms with Crippen molar-refractivity contribution in [2.24, 2.45) is 0 Å². The zero-order chi connectivity index (χ0) is 12.3. The lowest BCUT2D eigenvalue weighted by atomic mass is 10.1. The Morgan fingerprint density at radius 3 is 2.94 bits per heavy atom. The van der Waals surface area contributed by atoms with Gasteiger partial charge in [0, 0.05) is 22.8 Å². The Hall–Kier alpha value is -0.420. The van der Waals surface area contributed by atoms with Crippen LogP contribution in [0, 0.1) is 6.92 Å². The van der Waals surface area contributed by atoms with Gasteiger partial charge in [-0.05, 0) is 32.6 Å². The van der Waals surface area contributed by atoms with Crippen molar-refractivity contribution < 1.29 is 4.74 Å². The van der Waals surface area contributed by atoms with Gasteiger partial charge < -0.3 is 10.1 Å². The van der Waals surface area contributed by atoms with Crippen LogP contribution < -0.4 is 5.32 Å². The van der Waals surface area contributed by atoms with Gasteiger partial charge in [0.15, 0.2) is 0 Å². The van der Waals surface area contributed by atoms with Gasteiger partial charge >= 0.3 is 0 Å². The molecule has 0 aliphatic carbocycles. The van der Waals surface area contributed by atoms with E-state index < -0.39 is 0 Å². The van der Waals surface area contributed by atoms with Gasteiger partial charge in [-0.2, -0.15) is 0 Å². The molecule has 2 rings (SSSR count). The van der Waals surface area contributed by atoms with E-state index in [0.717, 1.165) is 26.2 Å². The molecule has 17 heavy (non-hydrogen) atoms. The highest BCUT2D eigenvalue weighted by Gasteiger charge is 2.33. The molecule has 0 saturated carbocycles. The van der Waals surface area contributed by atoms with E-state index in [0.29, 0.717) is 6.04 Å². The Morgan fingerprint density at radius 1 is 1.53 bits per heavy atom. The second-order valence-corrected chi connectivity index (χ2v) is 5.81. The van der Waals surface area contributed by atoms with Crippen molar-refractivity contribution in [3.8, 4) is 0 Å². The number of rotatable bonds is 4. The minimum absolute atomic E-state index is 0.270. The van der Waals surface area contributed by atoms with Crippen LogP contribution in [-0.2, 0) is 4.74 Å². The van der Waals surface area contributed by atoms with Crippen LogP contribution in [0.25, 0.3) is 0 Å². The van der Waals surface area contributed by atoms with Gasteiger partial charge in [-0.3, -0.25) is 4.90 Å². The van der Waals surface area contributed by atoms with Crippen molar-refractivity contribution in [3.63, 3.8) is 0 Å². The van der Waals surface area contributed by atoms with E-state index in [-0.39, 0.29) is 6.10 Å². The second-order valence-electron chi connectivity index (χ2n) is 4.49. The first kappa shape index (κ1) is 13.0. The molecular formula is C13H22N2OS. The van der Waals surface area contributed by atoms with Crippen molar-refractivity contribution >= 4 is 11.3 Å². The predicted molar refractivity (Wildman–Crippen MR) is 72.7 cm³/mol. The summed E-state index contributed by atoms with van der Waals surface area (Å²) in [6.07, 6.45) is 0.270. The molecule has 3 nitrogen and oxygen atoms in total. The Morgan fingerprint density at radius 2 is 2.35 bits per heavy atom. The van der Waals surface area contributed by atoms with Gasteiger partial charge in [-0.15, -0.1) is 11.3 Å². The fourth-order valence-electron chi connectivity index (χ4n) is 2.49. The predicted octanol–water partition coefficient (Wildman–Crippen LogP) is 2.04. The second kappa shape index (κ2) is 5.96. The lowest BCUT2D eigenvalue weighted by Crippen LogP contribution is -2.48. The van der Waals surface area contributed by atoms with Crippen molar-refractivity contribution in [1.82, 2.24) is 10.2 Å². The summed E-state index contributed by atoms with van der Waals surface area (Å²) < 4.78 is 5.93. The molecule has 2 heterocycles. The van der Waals surface area contributed by atoms with Gasteiger partial charge in [0.2, 0.25) is 0 Å². The van der Waals surface area contributed by atoms with E-state index in [9.17, 15) is 0 Å². The Balaban J connectivity index is 2.21.